The molecule has 0 N–H and O–H groups in total. The van der Waals surface area contributed by atoms with Crippen LogP contribution in [0.5, 0.6) is 0 Å². The van der Waals surface area contributed by atoms with E-state index < -0.39 is 11.7 Å². The Balaban J connectivity index is 1.56. The van der Waals surface area contributed by atoms with E-state index in [0.29, 0.717) is 5.92 Å². The van der Waals surface area contributed by atoms with Crippen LogP contribution in [0.2, 0.25) is 0 Å². The van der Waals surface area contributed by atoms with Crippen molar-refractivity contribution < 1.29 is 13.2 Å². The molecule has 3 heteroatoms. The minimum Gasteiger partial charge on any atom is -0.166 e. The predicted octanol–water partition coefficient (Wildman–Crippen LogP) is 8.47. The molecule has 0 aliphatic heterocycles. The SMILES string of the molecule is CCC(C)CCC1CCC(c2ccc(-c3ccc(C(F)(F)F)cc3)cc2)CC1. The topological polar surface area (TPSA) is 0 Å². The van der Waals surface area contributed by atoms with Crippen LogP contribution in [-0.4, -0.2) is 0 Å². The molecule has 152 valence electrons. The van der Waals surface area contributed by atoms with Crippen LogP contribution >= 0.6 is 0 Å². The van der Waals surface area contributed by atoms with Gasteiger partial charge in [0.25, 0.3) is 0 Å². The highest BCUT2D eigenvalue weighted by molar-refractivity contribution is 5.64. The summed E-state index contributed by atoms with van der Waals surface area (Å²) in [6, 6.07) is 13.8. The lowest BCUT2D eigenvalue weighted by Gasteiger charge is -2.29. The van der Waals surface area contributed by atoms with Crippen LogP contribution in [0.4, 0.5) is 13.2 Å². The Bertz CT molecular complexity index is 720. The molecule has 0 spiro atoms. The van der Waals surface area contributed by atoms with Gasteiger partial charge in [-0.1, -0.05) is 69.5 Å². The molecule has 2 aromatic rings. The van der Waals surface area contributed by atoms with Crippen LogP contribution < -0.4 is 0 Å². The lowest BCUT2D eigenvalue weighted by atomic mass is 9.76. The number of alkyl halides is 3. The Morgan fingerprint density at radius 3 is 1.89 bits per heavy atom. The van der Waals surface area contributed by atoms with Gasteiger partial charge in [-0.05, 0) is 72.3 Å². The second-order valence-corrected chi connectivity index (χ2v) is 8.51. The van der Waals surface area contributed by atoms with E-state index in [2.05, 4.69) is 26.0 Å². The highest BCUT2D eigenvalue weighted by Gasteiger charge is 2.30. The van der Waals surface area contributed by atoms with E-state index in [4.69, 9.17) is 0 Å². The van der Waals surface area contributed by atoms with E-state index in [-0.39, 0.29) is 0 Å². The third kappa shape index (κ3) is 5.40. The van der Waals surface area contributed by atoms with Gasteiger partial charge in [0.2, 0.25) is 0 Å². The smallest absolute Gasteiger partial charge is 0.166 e. The van der Waals surface area contributed by atoms with Gasteiger partial charge >= 0.3 is 6.18 Å². The summed E-state index contributed by atoms with van der Waals surface area (Å²) in [7, 11) is 0. The van der Waals surface area contributed by atoms with Crippen molar-refractivity contribution in [1.29, 1.82) is 0 Å². The van der Waals surface area contributed by atoms with Crippen molar-refractivity contribution in [3.63, 3.8) is 0 Å². The van der Waals surface area contributed by atoms with Crippen molar-refractivity contribution in [3.8, 4) is 11.1 Å². The Morgan fingerprint density at radius 2 is 1.39 bits per heavy atom. The zero-order valence-corrected chi connectivity index (χ0v) is 16.9. The van der Waals surface area contributed by atoms with Gasteiger partial charge in [0, 0.05) is 0 Å². The fourth-order valence-corrected chi connectivity index (χ4v) is 4.31. The van der Waals surface area contributed by atoms with Crippen molar-refractivity contribution in [3.05, 3.63) is 59.7 Å². The van der Waals surface area contributed by atoms with E-state index in [1.807, 2.05) is 12.1 Å². The number of hydrogen-bond donors (Lipinski definition) is 0. The van der Waals surface area contributed by atoms with Gasteiger partial charge in [-0.25, -0.2) is 0 Å². The second kappa shape index (κ2) is 9.15. The maximum atomic E-state index is 12.7. The fraction of sp³-hybridized carbons (Fsp3) is 0.520. The Labute approximate surface area is 167 Å². The van der Waals surface area contributed by atoms with Crippen LogP contribution in [0.1, 0.15) is 75.8 Å². The summed E-state index contributed by atoms with van der Waals surface area (Å²) in [5.41, 5.74) is 2.57. The average molecular weight is 389 g/mol. The molecule has 1 saturated carbocycles. The largest absolute Gasteiger partial charge is 0.416 e. The lowest BCUT2D eigenvalue weighted by molar-refractivity contribution is -0.137. The third-order valence-corrected chi connectivity index (χ3v) is 6.54. The van der Waals surface area contributed by atoms with Crippen molar-refractivity contribution in [2.24, 2.45) is 11.8 Å². The monoisotopic (exact) mass is 388 g/mol. The Hall–Kier alpha value is -1.77. The molecule has 1 aliphatic rings. The van der Waals surface area contributed by atoms with Gasteiger partial charge in [0.1, 0.15) is 0 Å². The molecule has 1 unspecified atom stereocenters. The van der Waals surface area contributed by atoms with Gasteiger partial charge in [-0.2, -0.15) is 13.2 Å². The molecule has 1 atom stereocenters. The minimum absolute atomic E-state index is 0.599. The van der Waals surface area contributed by atoms with Crippen LogP contribution in [0.25, 0.3) is 11.1 Å². The molecule has 0 bridgehead atoms. The predicted molar refractivity (Wildman–Crippen MR) is 110 cm³/mol. The summed E-state index contributed by atoms with van der Waals surface area (Å²) in [6.07, 6.45) is 4.87. The molecule has 0 amide bonds. The molecule has 28 heavy (non-hydrogen) atoms. The zero-order chi connectivity index (χ0) is 20.1. The van der Waals surface area contributed by atoms with Gasteiger partial charge in [0.05, 0.1) is 5.56 Å². The van der Waals surface area contributed by atoms with E-state index in [9.17, 15) is 13.2 Å². The molecule has 1 aliphatic carbocycles. The molecule has 2 aromatic carbocycles. The van der Waals surface area contributed by atoms with E-state index >= 15 is 0 Å². The van der Waals surface area contributed by atoms with Crippen molar-refractivity contribution >= 4 is 0 Å². The first-order valence-corrected chi connectivity index (χ1v) is 10.6. The number of benzene rings is 2. The molecule has 0 radical (unpaired) electrons. The maximum absolute atomic E-state index is 12.7. The molecule has 0 heterocycles. The normalized spacial score (nSPS) is 21.5. The van der Waals surface area contributed by atoms with Gasteiger partial charge < -0.3 is 0 Å². The standard InChI is InChI=1S/C25H31F3/c1-3-18(2)4-5-19-6-8-20(9-7-19)21-10-12-22(13-11-21)23-14-16-24(17-15-23)25(26,27)28/h10-20H,3-9H2,1-2H3. The maximum Gasteiger partial charge on any atom is 0.416 e. The quantitative estimate of drug-likeness (QED) is 0.465. The van der Waals surface area contributed by atoms with Crippen LogP contribution in [0, 0.1) is 11.8 Å². The van der Waals surface area contributed by atoms with E-state index in [1.54, 1.807) is 12.1 Å². The molecule has 0 saturated heterocycles. The highest BCUT2D eigenvalue weighted by atomic mass is 19.4. The van der Waals surface area contributed by atoms with Crippen molar-refractivity contribution in [2.45, 2.75) is 70.9 Å². The molecule has 0 aromatic heterocycles. The average Bonchev–Trinajstić information content (AvgIpc) is 2.72. The Kier molecular flexibility index (Phi) is 6.85. The summed E-state index contributed by atoms with van der Waals surface area (Å²) in [4.78, 5) is 0. The molecule has 3 rings (SSSR count). The van der Waals surface area contributed by atoms with Gasteiger partial charge in [-0.3, -0.25) is 0 Å². The first kappa shape index (κ1) is 21.0. The van der Waals surface area contributed by atoms with E-state index in [1.165, 1.54) is 50.5 Å². The number of rotatable bonds is 6. The molecular formula is C25H31F3. The fourth-order valence-electron chi connectivity index (χ4n) is 4.31. The first-order chi connectivity index (χ1) is 13.4. The van der Waals surface area contributed by atoms with Gasteiger partial charge in [0.15, 0.2) is 0 Å². The summed E-state index contributed by atoms with van der Waals surface area (Å²) < 4.78 is 38.1. The minimum atomic E-state index is -4.28. The zero-order valence-electron chi connectivity index (χ0n) is 16.9. The molecule has 1 fully saturated rings. The van der Waals surface area contributed by atoms with Crippen molar-refractivity contribution in [2.75, 3.05) is 0 Å². The van der Waals surface area contributed by atoms with Crippen LogP contribution in [0.15, 0.2) is 48.5 Å². The van der Waals surface area contributed by atoms with Crippen molar-refractivity contribution in [1.82, 2.24) is 0 Å². The Morgan fingerprint density at radius 1 is 0.857 bits per heavy atom. The molecule has 0 nitrogen and oxygen atoms in total. The third-order valence-electron chi connectivity index (χ3n) is 6.54. The molecular weight excluding hydrogens is 357 g/mol. The van der Waals surface area contributed by atoms with E-state index in [0.717, 1.165) is 35.1 Å². The van der Waals surface area contributed by atoms with Crippen LogP contribution in [-0.2, 0) is 6.18 Å². The summed E-state index contributed by atoms with van der Waals surface area (Å²) >= 11 is 0. The highest BCUT2D eigenvalue weighted by Crippen LogP contribution is 2.39. The number of halogens is 3. The van der Waals surface area contributed by atoms with Gasteiger partial charge in [-0.15, -0.1) is 0 Å². The summed E-state index contributed by atoms with van der Waals surface area (Å²) in [5, 5.41) is 0. The summed E-state index contributed by atoms with van der Waals surface area (Å²) in [5.74, 6) is 2.36. The lowest BCUT2D eigenvalue weighted by Crippen LogP contribution is -2.14. The summed E-state index contributed by atoms with van der Waals surface area (Å²) in [6.45, 7) is 4.62. The number of hydrogen-bond acceptors (Lipinski definition) is 0. The second-order valence-electron chi connectivity index (χ2n) is 8.51. The van der Waals surface area contributed by atoms with Crippen LogP contribution in [0.3, 0.4) is 0 Å². The first-order valence-electron chi connectivity index (χ1n) is 10.6.